The summed E-state index contributed by atoms with van der Waals surface area (Å²) in [5.74, 6) is -28.5. The predicted molar refractivity (Wildman–Crippen MR) is 48.5 cm³/mol. The lowest BCUT2D eigenvalue weighted by atomic mass is 9.96. The van der Waals surface area contributed by atoms with Crippen molar-refractivity contribution in [1.29, 1.82) is 0 Å². The van der Waals surface area contributed by atoms with E-state index in [0.29, 0.717) is 0 Å². The minimum Gasteiger partial charge on any atom is -0.303 e. The van der Waals surface area contributed by atoms with E-state index < -0.39 is 50.7 Å². The second-order valence-electron chi connectivity index (χ2n) is 4.00. The van der Waals surface area contributed by atoms with E-state index in [4.69, 9.17) is 9.79 Å². The number of rotatable bonds is 7. The third kappa shape index (κ3) is 4.25. The zero-order valence-corrected chi connectivity index (χ0v) is 11.1. The lowest BCUT2D eigenvalue weighted by Gasteiger charge is -2.37. The van der Waals surface area contributed by atoms with E-state index in [-0.39, 0.29) is 0 Å². The average molecular weight is 394 g/mol. The summed E-state index contributed by atoms with van der Waals surface area (Å²) >= 11 is 0. The molecule has 0 unspecified atom stereocenters. The van der Waals surface area contributed by atoms with Gasteiger partial charge in [-0.05, 0) is 0 Å². The van der Waals surface area contributed by atoms with E-state index in [1.807, 2.05) is 0 Å². The molecular weight excluding hydrogens is 388 g/mol. The SMILES string of the molecule is O=P(O)(O)OCCC(F)(F)C(F)(F)C(F)(F)C(F)(F)C(F)(F)F. The topological polar surface area (TPSA) is 66.8 Å². The van der Waals surface area contributed by atoms with E-state index >= 15 is 0 Å². The number of hydrogen-bond acceptors (Lipinski definition) is 2. The van der Waals surface area contributed by atoms with Gasteiger partial charge in [0.05, 0.1) is 6.61 Å². The molecule has 0 amide bonds. The molecule has 0 aromatic heterocycles. The molecule has 16 heteroatoms. The fraction of sp³-hybridized carbons (Fsp3) is 1.00. The molecule has 0 aliphatic rings. The Labute approximate surface area is 119 Å². The van der Waals surface area contributed by atoms with E-state index in [9.17, 15) is 52.9 Å². The predicted octanol–water partition coefficient (Wildman–Crippen LogP) is 3.59. The molecule has 0 aromatic rings. The van der Waals surface area contributed by atoms with Gasteiger partial charge in [-0.15, -0.1) is 0 Å². The van der Waals surface area contributed by atoms with Crippen LogP contribution in [0.4, 0.5) is 48.3 Å². The Kier molecular flexibility index (Phi) is 5.83. The highest BCUT2D eigenvalue weighted by atomic mass is 31.2. The van der Waals surface area contributed by atoms with Crippen molar-refractivity contribution in [2.45, 2.75) is 36.3 Å². The molecule has 0 bridgehead atoms. The Balaban J connectivity index is 5.54. The van der Waals surface area contributed by atoms with Crippen LogP contribution < -0.4 is 0 Å². The fourth-order valence-corrected chi connectivity index (χ4v) is 1.38. The summed E-state index contributed by atoms with van der Waals surface area (Å²) in [5.41, 5.74) is 0. The van der Waals surface area contributed by atoms with Gasteiger partial charge >= 0.3 is 37.7 Å². The van der Waals surface area contributed by atoms with Crippen LogP contribution in [0.2, 0.25) is 0 Å². The Bertz CT molecular complexity index is 467. The quantitative estimate of drug-likeness (QED) is 0.512. The Hall–Kier alpha value is -0.660. The normalized spacial score (nSPS) is 15.9. The minimum absolute atomic E-state index is 2.03. The van der Waals surface area contributed by atoms with E-state index in [1.54, 1.807) is 0 Å². The molecule has 0 aliphatic carbocycles. The van der Waals surface area contributed by atoms with Crippen LogP contribution in [0, 0.1) is 0 Å². The molecule has 0 aromatic carbocycles. The summed E-state index contributed by atoms with van der Waals surface area (Å²) in [6, 6.07) is 0. The number of halogens is 11. The van der Waals surface area contributed by atoms with Crippen molar-refractivity contribution in [3.8, 4) is 0 Å². The van der Waals surface area contributed by atoms with E-state index in [1.165, 1.54) is 0 Å². The van der Waals surface area contributed by atoms with Gasteiger partial charge in [0.2, 0.25) is 0 Å². The maximum Gasteiger partial charge on any atom is 0.469 e. The smallest absolute Gasteiger partial charge is 0.303 e. The molecular formula is C7H6F11O4P. The summed E-state index contributed by atoms with van der Waals surface area (Å²) in [6.07, 6.45) is -9.94. The molecule has 0 saturated heterocycles. The second-order valence-corrected chi connectivity index (χ2v) is 5.24. The first kappa shape index (κ1) is 22.3. The molecule has 2 N–H and O–H groups in total. The van der Waals surface area contributed by atoms with Gasteiger partial charge in [0.15, 0.2) is 0 Å². The highest BCUT2D eigenvalue weighted by molar-refractivity contribution is 7.46. The minimum atomic E-state index is -7.55. The van der Waals surface area contributed by atoms with Gasteiger partial charge in [0.1, 0.15) is 0 Å². The van der Waals surface area contributed by atoms with Crippen molar-refractivity contribution in [3.63, 3.8) is 0 Å². The molecule has 0 rings (SSSR count). The molecule has 0 spiro atoms. The van der Waals surface area contributed by atoms with Crippen molar-refractivity contribution in [3.05, 3.63) is 0 Å². The zero-order chi connectivity index (χ0) is 19.1. The van der Waals surface area contributed by atoms with Crippen LogP contribution >= 0.6 is 7.82 Å². The maximum atomic E-state index is 12.9. The number of hydrogen-bond donors (Lipinski definition) is 2. The highest BCUT2D eigenvalue weighted by Crippen LogP contribution is 2.58. The zero-order valence-electron chi connectivity index (χ0n) is 10.2. The molecule has 4 nitrogen and oxygen atoms in total. The van der Waals surface area contributed by atoms with Gasteiger partial charge < -0.3 is 9.79 Å². The van der Waals surface area contributed by atoms with Gasteiger partial charge in [-0.1, -0.05) is 0 Å². The lowest BCUT2D eigenvalue weighted by Crippen LogP contribution is -2.66. The van der Waals surface area contributed by atoms with Crippen LogP contribution in [0.5, 0.6) is 0 Å². The summed E-state index contributed by atoms with van der Waals surface area (Å²) in [7, 11) is -5.50. The largest absolute Gasteiger partial charge is 0.469 e. The maximum absolute atomic E-state index is 12.9. The molecule has 0 aliphatic heterocycles. The van der Waals surface area contributed by atoms with Crippen LogP contribution in [0.3, 0.4) is 0 Å². The van der Waals surface area contributed by atoms with Gasteiger partial charge in [0.25, 0.3) is 0 Å². The van der Waals surface area contributed by atoms with Crippen LogP contribution in [-0.4, -0.2) is 46.3 Å². The van der Waals surface area contributed by atoms with Crippen LogP contribution in [0.25, 0.3) is 0 Å². The summed E-state index contributed by atoms with van der Waals surface area (Å²) in [6.45, 7) is -2.03. The summed E-state index contributed by atoms with van der Waals surface area (Å²) < 4.78 is 150. The molecule has 0 saturated carbocycles. The van der Waals surface area contributed by atoms with E-state index in [2.05, 4.69) is 4.52 Å². The van der Waals surface area contributed by atoms with Crippen molar-refractivity contribution >= 4 is 7.82 Å². The van der Waals surface area contributed by atoms with Gasteiger partial charge in [-0.2, -0.15) is 48.3 Å². The Morgan fingerprint density at radius 2 is 1.13 bits per heavy atom. The van der Waals surface area contributed by atoms with Gasteiger partial charge in [0, 0.05) is 6.42 Å². The molecule has 0 heterocycles. The molecule has 23 heavy (non-hydrogen) atoms. The first-order chi connectivity index (χ1) is 9.71. The molecule has 0 radical (unpaired) electrons. The Morgan fingerprint density at radius 1 is 0.739 bits per heavy atom. The number of phosphoric acid groups is 1. The Morgan fingerprint density at radius 3 is 1.43 bits per heavy atom. The van der Waals surface area contributed by atoms with Crippen molar-refractivity contribution in [2.24, 2.45) is 0 Å². The standard InChI is InChI=1S/C7H6F11O4P/c8-3(9,1-2-22-23(19,20)21)4(10,11)5(12,13)6(14,15)7(16,17)18/h1-2H2,(H2,19,20,21). The van der Waals surface area contributed by atoms with Gasteiger partial charge in [-0.3, -0.25) is 4.52 Å². The lowest BCUT2D eigenvalue weighted by molar-refractivity contribution is -0.422. The molecule has 0 atom stereocenters. The molecule has 0 fully saturated rings. The van der Waals surface area contributed by atoms with Crippen LogP contribution in [0.15, 0.2) is 0 Å². The highest BCUT2D eigenvalue weighted by Gasteiger charge is 2.86. The summed E-state index contributed by atoms with van der Waals surface area (Å²) in [5, 5.41) is 0. The third-order valence-corrected chi connectivity index (χ3v) is 2.80. The van der Waals surface area contributed by atoms with Crippen LogP contribution in [-0.2, 0) is 9.09 Å². The summed E-state index contributed by atoms with van der Waals surface area (Å²) in [4.78, 5) is 16.1. The molecule has 140 valence electrons. The first-order valence-corrected chi connectivity index (χ1v) is 6.52. The van der Waals surface area contributed by atoms with E-state index in [0.717, 1.165) is 0 Å². The third-order valence-electron chi connectivity index (χ3n) is 2.28. The van der Waals surface area contributed by atoms with Crippen molar-refractivity contribution < 1.29 is 67.2 Å². The average Bonchev–Trinajstić information content (AvgIpc) is 2.24. The second kappa shape index (κ2) is 6.01. The number of phosphoric ester groups is 1. The first-order valence-electron chi connectivity index (χ1n) is 4.99. The van der Waals surface area contributed by atoms with Crippen molar-refractivity contribution in [1.82, 2.24) is 0 Å². The fourth-order valence-electron chi connectivity index (χ4n) is 1.05. The van der Waals surface area contributed by atoms with Crippen molar-refractivity contribution in [2.75, 3.05) is 6.61 Å². The number of alkyl halides is 11. The van der Waals surface area contributed by atoms with Crippen LogP contribution in [0.1, 0.15) is 6.42 Å². The monoisotopic (exact) mass is 394 g/mol. The van der Waals surface area contributed by atoms with Gasteiger partial charge in [-0.25, -0.2) is 4.57 Å².